The van der Waals surface area contributed by atoms with E-state index in [0.717, 1.165) is 11.8 Å². The second-order valence-electron chi connectivity index (χ2n) is 6.75. The summed E-state index contributed by atoms with van der Waals surface area (Å²) in [7, 11) is -1.76. The van der Waals surface area contributed by atoms with Crippen molar-refractivity contribution in [1.29, 1.82) is 0 Å². The number of benzene rings is 2. The molecule has 0 saturated heterocycles. The number of amides is 2. The van der Waals surface area contributed by atoms with Crippen LogP contribution in [0.15, 0.2) is 48.5 Å². The maximum atomic E-state index is 13.0. The van der Waals surface area contributed by atoms with E-state index in [0.29, 0.717) is 17.0 Å². The third-order valence-corrected chi connectivity index (χ3v) is 5.60. The number of hydrogen-bond donors (Lipinski definition) is 1. The molecule has 1 N–H and O–H groups in total. The minimum Gasteiger partial charge on any atom is -0.497 e. The normalized spacial score (nSPS) is 14.5. The van der Waals surface area contributed by atoms with E-state index in [2.05, 4.69) is 5.32 Å². The Bertz CT molecular complexity index is 1000. The van der Waals surface area contributed by atoms with Crippen LogP contribution < -0.4 is 10.1 Å². The van der Waals surface area contributed by atoms with Gasteiger partial charge in [0.1, 0.15) is 21.6 Å². The lowest BCUT2D eigenvalue weighted by Crippen LogP contribution is -2.45. The highest BCUT2D eigenvalue weighted by Crippen LogP contribution is 2.26. The molecule has 0 saturated carbocycles. The molecular formula is C20H22N2O5S. The van der Waals surface area contributed by atoms with Crippen LogP contribution in [0, 0.1) is 0 Å². The van der Waals surface area contributed by atoms with Gasteiger partial charge in [-0.05, 0) is 30.2 Å². The zero-order valence-electron chi connectivity index (χ0n) is 15.7. The van der Waals surface area contributed by atoms with Crippen LogP contribution in [0.4, 0.5) is 5.69 Å². The van der Waals surface area contributed by atoms with E-state index < -0.39 is 21.8 Å². The molecule has 7 nitrogen and oxygen atoms in total. The summed E-state index contributed by atoms with van der Waals surface area (Å²) in [6, 6.07) is 13.1. The van der Waals surface area contributed by atoms with Crippen molar-refractivity contribution in [3.05, 3.63) is 59.7 Å². The monoisotopic (exact) mass is 402 g/mol. The standard InChI is InChI=1S/C20H22N2O5S/c1-27-16-8-5-7-15(12-16)21-19(23)18(10-11-28(2,25)26)22-13-14-6-3-4-9-17(14)20(22)24/h3-9,12,18H,10-11,13H2,1-2H3,(H,21,23)/t18-/m1/s1. The van der Waals surface area contributed by atoms with E-state index in [1.807, 2.05) is 12.1 Å². The van der Waals surface area contributed by atoms with Gasteiger partial charge in [0.15, 0.2) is 0 Å². The SMILES string of the molecule is COc1cccc(NC(=O)[C@@H](CCS(C)(=O)=O)N2Cc3ccccc3C2=O)c1. The van der Waals surface area contributed by atoms with Crippen molar-refractivity contribution in [2.75, 3.05) is 24.4 Å². The summed E-state index contributed by atoms with van der Waals surface area (Å²) in [6.07, 6.45) is 1.14. The molecule has 0 fully saturated rings. The lowest BCUT2D eigenvalue weighted by atomic mass is 10.1. The quantitative estimate of drug-likeness (QED) is 0.766. The summed E-state index contributed by atoms with van der Waals surface area (Å²) >= 11 is 0. The summed E-state index contributed by atoms with van der Waals surface area (Å²) in [5.74, 6) is -0.313. The van der Waals surface area contributed by atoms with E-state index in [1.165, 1.54) is 12.0 Å². The third kappa shape index (κ3) is 4.51. The fourth-order valence-electron chi connectivity index (χ4n) is 3.21. The number of carbonyl (C=O) groups excluding carboxylic acids is 2. The molecule has 0 bridgehead atoms. The van der Waals surface area contributed by atoms with E-state index >= 15 is 0 Å². The molecule has 2 aromatic rings. The number of rotatable bonds is 7. The molecule has 0 unspecified atom stereocenters. The summed E-state index contributed by atoms with van der Waals surface area (Å²) in [4.78, 5) is 27.2. The van der Waals surface area contributed by atoms with E-state index in [1.54, 1.807) is 36.4 Å². The first-order valence-corrected chi connectivity index (χ1v) is 10.9. The van der Waals surface area contributed by atoms with Crippen LogP contribution in [0.5, 0.6) is 5.75 Å². The smallest absolute Gasteiger partial charge is 0.255 e. The van der Waals surface area contributed by atoms with Crippen molar-refractivity contribution < 1.29 is 22.7 Å². The van der Waals surface area contributed by atoms with Crippen molar-refractivity contribution >= 4 is 27.3 Å². The van der Waals surface area contributed by atoms with Gasteiger partial charge in [0.25, 0.3) is 5.91 Å². The Morgan fingerprint density at radius 1 is 1.21 bits per heavy atom. The van der Waals surface area contributed by atoms with Crippen LogP contribution in [-0.2, 0) is 21.2 Å². The lowest BCUT2D eigenvalue weighted by Gasteiger charge is -2.27. The van der Waals surface area contributed by atoms with Crippen LogP contribution in [0.2, 0.25) is 0 Å². The Balaban J connectivity index is 1.84. The highest BCUT2D eigenvalue weighted by atomic mass is 32.2. The zero-order valence-corrected chi connectivity index (χ0v) is 16.5. The number of carbonyl (C=O) groups is 2. The van der Waals surface area contributed by atoms with E-state index in [4.69, 9.17) is 4.74 Å². The minimum atomic E-state index is -3.29. The topological polar surface area (TPSA) is 92.8 Å². The van der Waals surface area contributed by atoms with Crippen molar-refractivity contribution in [2.24, 2.45) is 0 Å². The van der Waals surface area contributed by atoms with Gasteiger partial charge in [0.05, 0.1) is 12.9 Å². The second-order valence-corrected chi connectivity index (χ2v) is 9.01. The van der Waals surface area contributed by atoms with E-state index in [9.17, 15) is 18.0 Å². The maximum absolute atomic E-state index is 13.0. The summed E-state index contributed by atoms with van der Waals surface area (Å²) in [6.45, 7) is 0.273. The van der Waals surface area contributed by atoms with Gasteiger partial charge in [-0.25, -0.2) is 8.42 Å². The highest BCUT2D eigenvalue weighted by Gasteiger charge is 2.36. The minimum absolute atomic E-state index is 0.0222. The number of sulfone groups is 1. The van der Waals surface area contributed by atoms with Crippen molar-refractivity contribution in [3.63, 3.8) is 0 Å². The molecule has 0 aliphatic carbocycles. The van der Waals surface area contributed by atoms with Gasteiger partial charge < -0.3 is 15.0 Å². The second kappa shape index (κ2) is 8.02. The van der Waals surface area contributed by atoms with Crippen LogP contribution in [-0.4, -0.2) is 50.3 Å². The molecule has 1 atom stereocenters. The average molecular weight is 402 g/mol. The Kier molecular flexibility index (Phi) is 5.69. The third-order valence-electron chi connectivity index (χ3n) is 4.63. The molecule has 0 aromatic heterocycles. The van der Waals surface area contributed by atoms with Crippen LogP contribution in [0.25, 0.3) is 0 Å². The van der Waals surface area contributed by atoms with E-state index in [-0.39, 0.29) is 24.6 Å². The van der Waals surface area contributed by atoms with Gasteiger partial charge in [-0.3, -0.25) is 9.59 Å². The largest absolute Gasteiger partial charge is 0.497 e. The number of anilines is 1. The summed E-state index contributed by atoms with van der Waals surface area (Å²) < 4.78 is 28.5. The molecule has 1 aliphatic rings. The van der Waals surface area contributed by atoms with Crippen LogP contribution in [0.1, 0.15) is 22.3 Å². The zero-order chi connectivity index (χ0) is 20.3. The number of fused-ring (bicyclic) bond motifs is 1. The number of nitrogens with one attached hydrogen (secondary N) is 1. The average Bonchev–Trinajstić information content (AvgIpc) is 2.98. The molecule has 1 aliphatic heterocycles. The number of methoxy groups -OCH3 is 1. The molecule has 0 radical (unpaired) electrons. The maximum Gasteiger partial charge on any atom is 0.255 e. The first kappa shape index (κ1) is 19.9. The highest BCUT2D eigenvalue weighted by molar-refractivity contribution is 7.90. The Labute approximate surface area is 164 Å². The lowest BCUT2D eigenvalue weighted by molar-refractivity contribution is -0.120. The van der Waals surface area contributed by atoms with Crippen molar-refractivity contribution in [3.8, 4) is 5.75 Å². The predicted octanol–water partition coefficient (Wildman–Crippen LogP) is 2.09. The number of nitrogens with zero attached hydrogens (tertiary/aromatic N) is 1. The van der Waals surface area contributed by atoms with Crippen LogP contribution >= 0.6 is 0 Å². The van der Waals surface area contributed by atoms with Gasteiger partial charge in [0.2, 0.25) is 5.91 Å². The Morgan fingerprint density at radius 2 is 1.96 bits per heavy atom. The molecule has 1 heterocycles. The molecular weight excluding hydrogens is 380 g/mol. The van der Waals surface area contributed by atoms with Gasteiger partial charge in [0, 0.05) is 30.1 Å². The summed E-state index contributed by atoms with van der Waals surface area (Å²) in [5, 5.41) is 2.77. The molecule has 8 heteroatoms. The molecule has 0 spiro atoms. The van der Waals surface area contributed by atoms with Gasteiger partial charge >= 0.3 is 0 Å². The number of ether oxygens (including phenoxy) is 1. The first-order valence-electron chi connectivity index (χ1n) is 8.80. The Morgan fingerprint density at radius 3 is 2.64 bits per heavy atom. The van der Waals surface area contributed by atoms with Crippen LogP contribution in [0.3, 0.4) is 0 Å². The van der Waals surface area contributed by atoms with Crippen molar-refractivity contribution in [2.45, 2.75) is 19.0 Å². The van der Waals surface area contributed by atoms with Crippen molar-refractivity contribution in [1.82, 2.24) is 4.90 Å². The molecule has 3 rings (SSSR count). The van der Waals surface area contributed by atoms with Gasteiger partial charge in [-0.2, -0.15) is 0 Å². The van der Waals surface area contributed by atoms with Gasteiger partial charge in [-0.1, -0.05) is 24.3 Å². The molecule has 28 heavy (non-hydrogen) atoms. The predicted molar refractivity (Wildman–Crippen MR) is 106 cm³/mol. The van der Waals surface area contributed by atoms with Gasteiger partial charge in [-0.15, -0.1) is 0 Å². The first-order chi connectivity index (χ1) is 13.3. The molecule has 2 aromatic carbocycles. The molecule has 2 amide bonds. The number of hydrogen-bond acceptors (Lipinski definition) is 5. The fourth-order valence-corrected chi connectivity index (χ4v) is 3.86. The fraction of sp³-hybridized carbons (Fsp3) is 0.300. The Hall–Kier alpha value is -2.87. The molecule has 148 valence electrons. The summed E-state index contributed by atoms with van der Waals surface area (Å²) in [5.41, 5.74) is 1.88.